The van der Waals surface area contributed by atoms with Gasteiger partial charge in [-0.15, -0.1) is 0 Å². The fraction of sp³-hybridized carbons (Fsp3) is 0.429. The Balaban J connectivity index is 1.55. The predicted octanol–water partition coefficient (Wildman–Crippen LogP) is 4.76. The first kappa shape index (κ1) is 19.4. The van der Waals surface area contributed by atoms with Crippen molar-refractivity contribution in [3.8, 4) is 11.4 Å². The molecule has 0 saturated heterocycles. The molecule has 3 aliphatic carbocycles. The van der Waals surface area contributed by atoms with E-state index in [9.17, 15) is 13.6 Å². The molecule has 30 heavy (non-hydrogen) atoms. The number of Topliss-reactive ketones (excluding diaryl/α,β-unsaturated/α-hetero) is 1. The summed E-state index contributed by atoms with van der Waals surface area (Å²) < 4.78 is 29.3. The van der Waals surface area contributed by atoms with Crippen molar-refractivity contribution in [3.63, 3.8) is 0 Å². The van der Waals surface area contributed by atoms with Crippen molar-refractivity contribution in [2.75, 3.05) is 5.32 Å². The number of aromatic nitrogens is 4. The Labute approximate surface area is 176 Å². The van der Waals surface area contributed by atoms with Crippen LogP contribution in [0.4, 0.5) is 14.6 Å². The molecule has 3 aliphatic rings. The van der Waals surface area contributed by atoms with E-state index in [1.807, 2.05) is 0 Å². The molecule has 3 fully saturated rings. The molecule has 0 aliphatic heterocycles. The number of H-pyrrole nitrogens is 1. The summed E-state index contributed by atoms with van der Waals surface area (Å²) in [5.41, 5.74) is 0.551. The molecular weight excluding hydrogens is 412 g/mol. The Bertz CT molecular complexity index is 1140. The predicted molar refractivity (Wildman–Crippen MR) is 109 cm³/mol. The average molecular weight is 432 g/mol. The maximum atomic E-state index is 14.7. The molecule has 3 heterocycles. The van der Waals surface area contributed by atoms with Crippen molar-refractivity contribution >= 4 is 34.2 Å². The number of pyridine rings is 2. The van der Waals surface area contributed by atoms with Gasteiger partial charge in [0, 0.05) is 29.6 Å². The largest absolute Gasteiger partial charge is 0.364 e. The molecule has 6 rings (SSSR count). The Kier molecular flexibility index (Phi) is 4.69. The van der Waals surface area contributed by atoms with Crippen LogP contribution in [0, 0.1) is 29.4 Å². The second-order valence-electron chi connectivity index (χ2n) is 8.25. The van der Waals surface area contributed by atoms with Gasteiger partial charge >= 0.3 is 0 Å². The summed E-state index contributed by atoms with van der Waals surface area (Å²) in [5.74, 6) is -1.18. The topological polar surface area (TPSA) is 83.6 Å². The Hall–Kier alpha value is -2.61. The van der Waals surface area contributed by atoms with E-state index >= 15 is 0 Å². The van der Waals surface area contributed by atoms with E-state index in [0.717, 1.165) is 31.7 Å². The number of hydrogen-bond acceptors (Lipinski definition) is 5. The molecule has 156 valence electrons. The third-order valence-corrected chi connectivity index (χ3v) is 6.74. The number of halogens is 3. The Morgan fingerprint density at radius 3 is 2.63 bits per heavy atom. The number of fused-ring (bicyclic) bond motifs is 4. The molecule has 2 N–H and O–H groups in total. The third kappa shape index (κ3) is 3.14. The first-order valence-electron chi connectivity index (χ1n) is 10.1. The average Bonchev–Trinajstić information content (AvgIpc) is 3.13. The maximum Gasteiger partial charge on any atom is 0.181 e. The summed E-state index contributed by atoms with van der Waals surface area (Å²) in [5, 5.41) is 10.8. The lowest BCUT2D eigenvalue weighted by Crippen LogP contribution is -2.51. The molecule has 0 aromatic carbocycles. The number of carbonyl (C=O) groups is 1. The van der Waals surface area contributed by atoms with Crippen LogP contribution >= 0.6 is 11.6 Å². The van der Waals surface area contributed by atoms with Gasteiger partial charge in [-0.1, -0.05) is 11.6 Å². The van der Waals surface area contributed by atoms with Gasteiger partial charge in [0.05, 0.1) is 10.7 Å². The van der Waals surface area contributed by atoms with Crippen molar-refractivity contribution in [1.82, 2.24) is 20.2 Å². The summed E-state index contributed by atoms with van der Waals surface area (Å²) >= 11 is 6.02. The van der Waals surface area contributed by atoms with E-state index in [2.05, 4.69) is 25.5 Å². The molecule has 0 amide bonds. The van der Waals surface area contributed by atoms with Gasteiger partial charge in [-0.05, 0) is 50.5 Å². The smallest absolute Gasteiger partial charge is 0.181 e. The van der Waals surface area contributed by atoms with Gasteiger partial charge in [-0.3, -0.25) is 9.89 Å². The number of anilines is 1. The summed E-state index contributed by atoms with van der Waals surface area (Å²) in [6.07, 6.45) is 5.47. The van der Waals surface area contributed by atoms with Gasteiger partial charge in [0.25, 0.3) is 0 Å². The highest BCUT2D eigenvalue weighted by atomic mass is 35.5. The van der Waals surface area contributed by atoms with E-state index in [4.69, 9.17) is 11.6 Å². The van der Waals surface area contributed by atoms with Crippen molar-refractivity contribution in [2.24, 2.45) is 17.8 Å². The summed E-state index contributed by atoms with van der Waals surface area (Å²) in [7, 11) is 0. The van der Waals surface area contributed by atoms with Gasteiger partial charge in [0.1, 0.15) is 11.5 Å². The quantitative estimate of drug-likeness (QED) is 0.622. The van der Waals surface area contributed by atoms with Crippen LogP contribution in [-0.4, -0.2) is 32.0 Å². The number of nitrogens with one attached hydrogen (secondary N) is 2. The van der Waals surface area contributed by atoms with Crippen LogP contribution in [0.2, 0.25) is 5.02 Å². The van der Waals surface area contributed by atoms with E-state index in [1.54, 1.807) is 13.0 Å². The molecule has 0 spiro atoms. The molecule has 3 saturated carbocycles. The van der Waals surface area contributed by atoms with Gasteiger partial charge in [-0.2, -0.15) is 5.10 Å². The zero-order valence-corrected chi connectivity index (χ0v) is 17.0. The SMILES string of the molecule is CC(=O)[C@H]1C2CCC(CC2)C1Nc1nc(-c2[nH]nc3ncc(Cl)cc23)c(F)cc1F. The molecule has 6 nitrogen and oxygen atoms in total. The van der Waals surface area contributed by atoms with Gasteiger partial charge in [-0.25, -0.2) is 18.7 Å². The second-order valence-corrected chi connectivity index (χ2v) is 8.69. The summed E-state index contributed by atoms with van der Waals surface area (Å²) in [6.45, 7) is 1.59. The maximum absolute atomic E-state index is 14.7. The minimum absolute atomic E-state index is 0.0621. The zero-order valence-electron chi connectivity index (χ0n) is 16.3. The normalized spacial score (nSPS) is 25.6. The van der Waals surface area contributed by atoms with Crippen molar-refractivity contribution in [1.29, 1.82) is 0 Å². The lowest BCUT2D eigenvalue weighted by molar-refractivity contribution is -0.126. The van der Waals surface area contributed by atoms with Gasteiger partial charge in [0.15, 0.2) is 23.1 Å². The van der Waals surface area contributed by atoms with Crippen molar-refractivity contribution < 1.29 is 13.6 Å². The zero-order chi connectivity index (χ0) is 21.0. The highest BCUT2D eigenvalue weighted by molar-refractivity contribution is 6.31. The minimum Gasteiger partial charge on any atom is -0.364 e. The third-order valence-electron chi connectivity index (χ3n) is 6.53. The Morgan fingerprint density at radius 2 is 1.90 bits per heavy atom. The van der Waals surface area contributed by atoms with E-state index in [-0.39, 0.29) is 40.9 Å². The minimum atomic E-state index is -0.822. The molecule has 1 unspecified atom stereocenters. The number of aromatic amines is 1. The van der Waals surface area contributed by atoms with Crippen LogP contribution in [-0.2, 0) is 4.79 Å². The number of carbonyl (C=O) groups excluding carboxylic acids is 1. The van der Waals surface area contributed by atoms with E-state index < -0.39 is 11.6 Å². The molecule has 2 bridgehead atoms. The lowest BCUT2D eigenvalue weighted by Gasteiger charge is -2.48. The first-order valence-corrected chi connectivity index (χ1v) is 10.4. The van der Waals surface area contributed by atoms with Gasteiger partial charge < -0.3 is 5.32 Å². The van der Waals surface area contributed by atoms with Gasteiger partial charge in [0.2, 0.25) is 0 Å². The number of ketones is 1. The van der Waals surface area contributed by atoms with Crippen LogP contribution in [0.25, 0.3) is 22.4 Å². The molecule has 3 aromatic rings. The number of nitrogens with zero attached hydrogens (tertiary/aromatic N) is 3. The van der Waals surface area contributed by atoms with Crippen molar-refractivity contribution in [3.05, 3.63) is 35.0 Å². The van der Waals surface area contributed by atoms with Crippen LogP contribution in [0.1, 0.15) is 32.6 Å². The van der Waals surface area contributed by atoms with Crippen LogP contribution in [0.5, 0.6) is 0 Å². The molecule has 0 radical (unpaired) electrons. The summed E-state index contributed by atoms with van der Waals surface area (Å²) in [6, 6.07) is 2.20. The highest BCUT2D eigenvalue weighted by Gasteiger charge is 2.46. The fourth-order valence-electron chi connectivity index (χ4n) is 5.20. The van der Waals surface area contributed by atoms with E-state index in [1.165, 1.54) is 6.20 Å². The second kappa shape index (κ2) is 7.27. The Morgan fingerprint density at radius 1 is 1.17 bits per heavy atom. The van der Waals surface area contributed by atoms with Crippen LogP contribution < -0.4 is 5.32 Å². The van der Waals surface area contributed by atoms with Crippen LogP contribution in [0.15, 0.2) is 18.3 Å². The molecule has 3 aromatic heterocycles. The summed E-state index contributed by atoms with van der Waals surface area (Å²) in [4.78, 5) is 20.7. The first-order chi connectivity index (χ1) is 14.4. The molecule has 9 heteroatoms. The molecular formula is C21H20ClF2N5O. The lowest BCUT2D eigenvalue weighted by atomic mass is 9.60. The van der Waals surface area contributed by atoms with Crippen molar-refractivity contribution in [2.45, 2.75) is 38.6 Å². The van der Waals surface area contributed by atoms with Crippen LogP contribution in [0.3, 0.4) is 0 Å². The number of rotatable bonds is 4. The highest BCUT2D eigenvalue weighted by Crippen LogP contribution is 2.46. The molecule has 2 atom stereocenters. The van der Waals surface area contributed by atoms with E-state index in [0.29, 0.717) is 22.0 Å². The monoisotopic (exact) mass is 431 g/mol. The fourth-order valence-corrected chi connectivity index (χ4v) is 5.36. The number of hydrogen-bond donors (Lipinski definition) is 2. The standard InChI is InChI=1S/C21H20ClF2N5O/c1-9(30)16-10-2-4-11(5-3-10)17(16)26-21-15(24)7-14(23)19(27-21)18-13-6-12(22)8-25-20(13)29-28-18/h6-8,10-11,16-17H,2-5H2,1H3,(H,26,27)(H,25,28,29)/t10?,11?,16-,17?/m0/s1.